The maximum atomic E-state index is 2.71. The van der Waals surface area contributed by atoms with E-state index in [1.54, 1.807) is 0 Å². The summed E-state index contributed by atoms with van der Waals surface area (Å²) in [6.07, 6.45) is 6.31. The molecule has 2 heterocycles. The Kier molecular flexibility index (Phi) is 4.39. The first-order chi connectivity index (χ1) is 13.4. The summed E-state index contributed by atoms with van der Waals surface area (Å²) in [6.45, 7) is 1.07. The minimum absolute atomic E-state index is 0.572. The summed E-state index contributed by atoms with van der Waals surface area (Å²) >= 11 is 0. The minimum Gasteiger partial charge on any atom is -0.289 e. The van der Waals surface area contributed by atoms with Crippen LogP contribution in [-0.2, 0) is 6.54 Å². The van der Waals surface area contributed by atoms with Gasteiger partial charge in [0, 0.05) is 18.6 Å². The summed E-state index contributed by atoms with van der Waals surface area (Å²) in [5, 5.41) is 0. The lowest BCUT2D eigenvalue weighted by Crippen LogP contribution is -2.37. The molecule has 2 aliphatic heterocycles. The van der Waals surface area contributed by atoms with Crippen molar-refractivity contribution in [3.05, 3.63) is 102 Å². The van der Waals surface area contributed by atoms with E-state index in [1.165, 1.54) is 40.7 Å². The smallest absolute Gasteiger partial charge is 0.0291 e. The molecule has 2 bridgehead atoms. The van der Waals surface area contributed by atoms with Gasteiger partial charge in [-0.1, -0.05) is 91.0 Å². The molecule has 3 aromatic carbocycles. The van der Waals surface area contributed by atoms with E-state index in [2.05, 4.69) is 95.9 Å². The highest BCUT2D eigenvalue weighted by Gasteiger charge is 2.36. The summed E-state index contributed by atoms with van der Waals surface area (Å²) in [5.41, 5.74) is 7.05. The molecule has 0 spiro atoms. The molecule has 0 saturated carbocycles. The largest absolute Gasteiger partial charge is 0.289 e. The standard InChI is InChI=1S/C26H25N/c1-3-9-20(10-4-1)19-27-23-15-16-24(27)18-22(17-23)26-14-8-7-13-25(26)21-11-5-2-6-12-21/h1-14,17,23-24H,15-16,18-19H2. The van der Waals surface area contributed by atoms with Crippen molar-refractivity contribution in [2.45, 2.75) is 37.9 Å². The van der Waals surface area contributed by atoms with Gasteiger partial charge in [-0.15, -0.1) is 0 Å². The van der Waals surface area contributed by atoms with Crippen molar-refractivity contribution in [1.29, 1.82) is 0 Å². The molecule has 0 N–H and O–H groups in total. The van der Waals surface area contributed by atoms with Crippen LogP contribution < -0.4 is 0 Å². The summed E-state index contributed by atoms with van der Waals surface area (Å²) in [6, 6.07) is 31.9. The zero-order valence-corrected chi connectivity index (χ0v) is 15.6. The third-order valence-corrected chi connectivity index (χ3v) is 6.11. The van der Waals surface area contributed by atoms with E-state index in [9.17, 15) is 0 Å². The molecule has 27 heavy (non-hydrogen) atoms. The molecule has 134 valence electrons. The Bertz CT molecular complexity index is 942. The van der Waals surface area contributed by atoms with Crippen molar-refractivity contribution >= 4 is 5.57 Å². The molecule has 1 nitrogen and oxygen atoms in total. The fourth-order valence-corrected chi connectivity index (χ4v) is 4.79. The highest BCUT2D eigenvalue weighted by atomic mass is 15.2. The number of hydrogen-bond acceptors (Lipinski definition) is 1. The zero-order chi connectivity index (χ0) is 18.1. The van der Waals surface area contributed by atoms with Gasteiger partial charge in [-0.2, -0.15) is 0 Å². The molecule has 0 amide bonds. The van der Waals surface area contributed by atoms with Crippen molar-refractivity contribution in [2.24, 2.45) is 0 Å². The lowest BCUT2D eigenvalue weighted by molar-refractivity contribution is 0.203. The van der Waals surface area contributed by atoms with Crippen molar-refractivity contribution in [1.82, 2.24) is 4.90 Å². The van der Waals surface area contributed by atoms with E-state index in [0.29, 0.717) is 12.1 Å². The third-order valence-electron chi connectivity index (χ3n) is 6.11. The average molecular weight is 351 g/mol. The van der Waals surface area contributed by atoms with Crippen LogP contribution in [0.1, 0.15) is 30.4 Å². The average Bonchev–Trinajstić information content (AvgIpc) is 2.97. The quantitative estimate of drug-likeness (QED) is 0.543. The first-order valence-corrected chi connectivity index (χ1v) is 10.0. The van der Waals surface area contributed by atoms with Gasteiger partial charge in [0.2, 0.25) is 0 Å². The van der Waals surface area contributed by atoms with Crippen molar-refractivity contribution in [3.63, 3.8) is 0 Å². The van der Waals surface area contributed by atoms with E-state index in [-0.39, 0.29) is 0 Å². The van der Waals surface area contributed by atoms with Gasteiger partial charge in [-0.3, -0.25) is 4.90 Å². The van der Waals surface area contributed by atoms with Gasteiger partial charge >= 0.3 is 0 Å². The van der Waals surface area contributed by atoms with E-state index >= 15 is 0 Å². The highest BCUT2D eigenvalue weighted by molar-refractivity contribution is 5.82. The molecule has 2 aliphatic rings. The molecular weight excluding hydrogens is 326 g/mol. The molecule has 3 aromatic rings. The third kappa shape index (κ3) is 3.24. The Labute approximate surface area is 162 Å². The van der Waals surface area contributed by atoms with Gasteiger partial charge in [0.15, 0.2) is 0 Å². The molecule has 2 atom stereocenters. The van der Waals surface area contributed by atoms with Crippen molar-refractivity contribution < 1.29 is 0 Å². The highest BCUT2D eigenvalue weighted by Crippen LogP contribution is 2.41. The lowest BCUT2D eigenvalue weighted by atomic mass is 9.89. The summed E-state index contributed by atoms with van der Waals surface area (Å²) < 4.78 is 0. The van der Waals surface area contributed by atoms with Crippen LogP contribution in [0, 0.1) is 0 Å². The van der Waals surface area contributed by atoms with Gasteiger partial charge < -0.3 is 0 Å². The normalized spacial score (nSPS) is 21.9. The first-order valence-electron chi connectivity index (χ1n) is 10.0. The Morgan fingerprint density at radius 3 is 2.11 bits per heavy atom. The van der Waals surface area contributed by atoms with Crippen molar-refractivity contribution in [2.75, 3.05) is 0 Å². The Morgan fingerprint density at radius 1 is 0.704 bits per heavy atom. The maximum Gasteiger partial charge on any atom is 0.0291 e. The van der Waals surface area contributed by atoms with Gasteiger partial charge in [-0.25, -0.2) is 0 Å². The first kappa shape index (κ1) is 16.5. The fraction of sp³-hybridized carbons (Fsp3) is 0.231. The monoisotopic (exact) mass is 351 g/mol. The van der Waals surface area contributed by atoms with Crippen LogP contribution in [-0.4, -0.2) is 17.0 Å². The van der Waals surface area contributed by atoms with E-state index in [0.717, 1.165) is 13.0 Å². The predicted octanol–water partition coefficient (Wildman–Crippen LogP) is 6.17. The maximum absolute atomic E-state index is 2.71. The van der Waals surface area contributed by atoms with Gasteiger partial charge in [0.25, 0.3) is 0 Å². The van der Waals surface area contributed by atoms with Gasteiger partial charge in [-0.05, 0) is 47.1 Å². The Morgan fingerprint density at radius 2 is 1.37 bits per heavy atom. The second-order valence-corrected chi connectivity index (χ2v) is 7.76. The van der Waals surface area contributed by atoms with Crippen LogP contribution in [0.4, 0.5) is 0 Å². The summed E-state index contributed by atoms with van der Waals surface area (Å²) in [4.78, 5) is 2.71. The Balaban J connectivity index is 1.46. The zero-order valence-electron chi connectivity index (χ0n) is 15.6. The number of rotatable bonds is 4. The molecule has 0 aliphatic carbocycles. The minimum atomic E-state index is 0.572. The fourth-order valence-electron chi connectivity index (χ4n) is 4.79. The van der Waals surface area contributed by atoms with Gasteiger partial charge in [0.1, 0.15) is 0 Å². The summed E-state index contributed by atoms with van der Waals surface area (Å²) in [7, 11) is 0. The van der Waals surface area contributed by atoms with Crippen LogP contribution >= 0.6 is 0 Å². The second-order valence-electron chi connectivity index (χ2n) is 7.76. The van der Waals surface area contributed by atoms with Crippen LogP contribution in [0.25, 0.3) is 16.7 Å². The van der Waals surface area contributed by atoms with Crippen LogP contribution in [0.15, 0.2) is 91.0 Å². The molecule has 1 heteroatoms. The predicted molar refractivity (Wildman–Crippen MR) is 113 cm³/mol. The summed E-state index contributed by atoms with van der Waals surface area (Å²) in [5.74, 6) is 0. The number of nitrogens with zero attached hydrogens (tertiary/aromatic N) is 1. The van der Waals surface area contributed by atoms with Crippen molar-refractivity contribution in [3.8, 4) is 11.1 Å². The van der Waals surface area contributed by atoms with E-state index < -0.39 is 0 Å². The topological polar surface area (TPSA) is 3.24 Å². The SMILES string of the molecule is C1=C(c2ccccc2-c2ccccc2)CC2CCC1N2Cc1ccccc1. The van der Waals surface area contributed by atoms with Crippen LogP contribution in [0.5, 0.6) is 0 Å². The van der Waals surface area contributed by atoms with Crippen LogP contribution in [0.2, 0.25) is 0 Å². The van der Waals surface area contributed by atoms with Crippen LogP contribution in [0.3, 0.4) is 0 Å². The molecule has 0 radical (unpaired) electrons. The van der Waals surface area contributed by atoms with E-state index in [1.807, 2.05) is 0 Å². The molecule has 1 fully saturated rings. The van der Waals surface area contributed by atoms with Gasteiger partial charge in [0.05, 0.1) is 0 Å². The molecular formula is C26H25N. The van der Waals surface area contributed by atoms with E-state index in [4.69, 9.17) is 0 Å². The number of hydrogen-bond donors (Lipinski definition) is 0. The second kappa shape index (κ2) is 7.17. The Hall–Kier alpha value is -2.64. The molecule has 2 unspecified atom stereocenters. The molecule has 1 saturated heterocycles. The molecule has 5 rings (SSSR count). The lowest BCUT2D eigenvalue weighted by Gasteiger charge is -2.34. The number of benzene rings is 3. The number of fused-ring (bicyclic) bond motifs is 2. The molecule has 0 aromatic heterocycles.